The van der Waals surface area contributed by atoms with Crippen molar-refractivity contribution >= 4 is 23.5 Å². The van der Waals surface area contributed by atoms with Gasteiger partial charge in [-0.05, 0) is 11.6 Å². The molecule has 0 aliphatic carbocycles. The van der Waals surface area contributed by atoms with Gasteiger partial charge in [0.25, 0.3) is 0 Å². The molecule has 0 bridgehead atoms. The fourth-order valence-electron chi connectivity index (χ4n) is 2.27. The van der Waals surface area contributed by atoms with Crippen molar-refractivity contribution in [2.24, 2.45) is 5.73 Å². The summed E-state index contributed by atoms with van der Waals surface area (Å²) in [4.78, 5) is 0. The minimum absolute atomic E-state index is 0.0299. The summed E-state index contributed by atoms with van der Waals surface area (Å²) in [6.45, 7) is 2.04. The lowest BCUT2D eigenvalue weighted by Gasteiger charge is -2.33. The zero-order valence-corrected chi connectivity index (χ0v) is 12.1. The highest BCUT2D eigenvalue weighted by molar-refractivity contribution is 8.07. The second-order valence-corrected chi connectivity index (χ2v) is 7.29. The molecule has 0 radical (unpaired) electrons. The molecule has 2 rings (SSSR count). The van der Waals surface area contributed by atoms with Crippen molar-refractivity contribution in [1.29, 1.82) is 0 Å². The molecule has 1 saturated heterocycles. The predicted octanol–water partition coefficient (Wildman–Crippen LogP) is 3.94. The van der Waals surface area contributed by atoms with Crippen LogP contribution < -0.4 is 5.73 Å². The van der Waals surface area contributed by atoms with Crippen molar-refractivity contribution in [2.75, 3.05) is 11.5 Å². The van der Waals surface area contributed by atoms with E-state index in [0.717, 1.165) is 17.6 Å². The van der Waals surface area contributed by atoms with E-state index in [9.17, 15) is 13.2 Å². The predicted molar refractivity (Wildman–Crippen MR) is 76.5 cm³/mol. The molecule has 0 saturated carbocycles. The van der Waals surface area contributed by atoms with Gasteiger partial charge >= 0.3 is 6.18 Å². The molecule has 1 aromatic carbocycles. The van der Waals surface area contributed by atoms with E-state index >= 15 is 0 Å². The SMILES string of the molecule is CC1SCCSC1C(N)c1ccccc1C(F)(F)F. The number of benzene rings is 1. The van der Waals surface area contributed by atoms with Gasteiger partial charge in [-0.15, -0.1) is 0 Å². The Morgan fingerprint density at radius 2 is 1.84 bits per heavy atom. The molecule has 2 N–H and O–H groups in total. The van der Waals surface area contributed by atoms with Crippen molar-refractivity contribution in [3.63, 3.8) is 0 Å². The van der Waals surface area contributed by atoms with E-state index in [1.807, 2.05) is 6.92 Å². The quantitative estimate of drug-likeness (QED) is 0.896. The smallest absolute Gasteiger partial charge is 0.323 e. The summed E-state index contributed by atoms with van der Waals surface area (Å²) in [5.74, 6) is 1.98. The minimum atomic E-state index is -4.34. The fraction of sp³-hybridized carbons (Fsp3) is 0.538. The molecule has 0 amide bonds. The van der Waals surface area contributed by atoms with Gasteiger partial charge in [-0.3, -0.25) is 0 Å². The van der Waals surface area contributed by atoms with Gasteiger partial charge < -0.3 is 5.73 Å². The third-order valence-corrected chi connectivity index (χ3v) is 6.43. The number of thioether (sulfide) groups is 2. The zero-order valence-electron chi connectivity index (χ0n) is 10.5. The van der Waals surface area contributed by atoms with E-state index in [4.69, 9.17) is 5.73 Å². The lowest BCUT2D eigenvalue weighted by atomic mass is 9.97. The molecule has 106 valence electrons. The highest BCUT2D eigenvalue weighted by Gasteiger charge is 2.37. The third kappa shape index (κ3) is 3.41. The van der Waals surface area contributed by atoms with E-state index in [2.05, 4.69) is 0 Å². The summed E-state index contributed by atoms with van der Waals surface area (Å²) in [6.07, 6.45) is -4.34. The second kappa shape index (κ2) is 5.97. The van der Waals surface area contributed by atoms with Crippen molar-refractivity contribution in [2.45, 2.75) is 29.6 Å². The summed E-state index contributed by atoms with van der Waals surface area (Å²) in [7, 11) is 0. The maximum atomic E-state index is 13.0. The number of rotatable bonds is 2. The molecule has 6 heteroatoms. The van der Waals surface area contributed by atoms with Crippen LogP contribution in [-0.2, 0) is 6.18 Å². The first kappa shape index (κ1) is 15.1. The van der Waals surface area contributed by atoms with Crippen molar-refractivity contribution < 1.29 is 13.2 Å². The molecule has 0 spiro atoms. The number of alkyl halides is 3. The maximum absolute atomic E-state index is 13.0. The van der Waals surface area contributed by atoms with Crippen LogP contribution in [0.5, 0.6) is 0 Å². The molecule has 1 aromatic rings. The topological polar surface area (TPSA) is 26.0 Å². The first-order chi connectivity index (χ1) is 8.91. The Balaban J connectivity index is 2.30. The molecule has 3 atom stereocenters. The summed E-state index contributed by atoms with van der Waals surface area (Å²) >= 11 is 3.46. The van der Waals surface area contributed by atoms with Gasteiger partial charge in [0.2, 0.25) is 0 Å². The number of halogens is 3. The van der Waals surface area contributed by atoms with E-state index in [-0.39, 0.29) is 16.1 Å². The maximum Gasteiger partial charge on any atom is 0.416 e. The van der Waals surface area contributed by atoms with Crippen LogP contribution in [0, 0.1) is 0 Å². The fourth-order valence-corrected chi connectivity index (χ4v) is 5.14. The molecule has 1 aliphatic rings. The van der Waals surface area contributed by atoms with Crippen LogP contribution >= 0.6 is 23.5 Å². The largest absolute Gasteiger partial charge is 0.416 e. The van der Waals surface area contributed by atoms with Gasteiger partial charge in [0.05, 0.1) is 5.56 Å². The van der Waals surface area contributed by atoms with Crippen LogP contribution in [0.3, 0.4) is 0 Å². The average molecular weight is 307 g/mol. The van der Waals surface area contributed by atoms with Crippen LogP contribution in [-0.4, -0.2) is 22.0 Å². The van der Waals surface area contributed by atoms with Crippen molar-refractivity contribution in [3.8, 4) is 0 Å². The Morgan fingerprint density at radius 3 is 2.47 bits per heavy atom. The van der Waals surface area contributed by atoms with Crippen molar-refractivity contribution in [1.82, 2.24) is 0 Å². The van der Waals surface area contributed by atoms with Crippen LogP contribution in [0.15, 0.2) is 24.3 Å². The standard InChI is InChI=1S/C13H16F3NS2/c1-8-12(19-7-6-18-8)11(17)9-4-2-3-5-10(9)13(14,15)16/h2-5,8,11-12H,6-7,17H2,1H3. The molecule has 1 aliphatic heterocycles. The third-order valence-electron chi connectivity index (χ3n) is 3.22. The highest BCUT2D eigenvalue weighted by Crippen LogP contribution is 2.41. The first-order valence-electron chi connectivity index (χ1n) is 6.06. The van der Waals surface area contributed by atoms with Crippen LogP contribution in [0.4, 0.5) is 13.2 Å². The molecular formula is C13H16F3NS2. The lowest BCUT2D eigenvalue weighted by molar-refractivity contribution is -0.138. The second-order valence-electron chi connectivity index (χ2n) is 4.52. The average Bonchev–Trinajstić information content (AvgIpc) is 2.37. The minimum Gasteiger partial charge on any atom is -0.323 e. The summed E-state index contributed by atoms with van der Waals surface area (Å²) in [6, 6.07) is 5.06. The molecule has 1 fully saturated rings. The summed E-state index contributed by atoms with van der Waals surface area (Å²) in [5, 5.41) is 0.303. The van der Waals surface area contributed by atoms with Gasteiger partial charge in [0.15, 0.2) is 0 Å². The normalized spacial score (nSPS) is 26.2. The Morgan fingerprint density at radius 1 is 1.21 bits per heavy atom. The Kier molecular flexibility index (Phi) is 4.74. The van der Waals surface area contributed by atoms with E-state index in [1.54, 1.807) is 29.6 Å². The van der Waals surface area contributed by atoms with Gasteiger partial charge in [-0.2, -0.15) is 36.7 Å². The molecular weight excluding hydrogens is 291 g/mol. The molecule has 0 aromatic heterocycles. The molecule has 1 nitrogen and oxygen atoms in total. The van der Waals surface area contributed by atoms with Gasteiger partial charge in [0, 0.05) is 28.0 Å². The zero-order chi connectivity index (χ0) is 14.0. The Hall–Kier alpha value is -0.330. The Bertz CT molecular complexity index is 436. The molecule has 1 heterocycles. The molecule has 3 unspecified atom stereocenters. The Labute approximate surface area is 119 Å². The lowest BCUT2D eigenvalue weighted by Crippen LogP contribution is -2.35. The monoisotopic (exact) mass is 307 g/mol. The summed E-state index contributed by atoms with van der Waals surface area (Å²) < 4.78 is 39.0. The van der Waals surface area contributed by atoms with Crippen molar-refractivity contribution in [3.05, 3.63) is 35.4 Å². The van der Waals surface area contributed by atoms with E-state index < -0.39 is 17.8 Å². The van der Waals surface area contributed by atoms with Gasteiger partial charge in [-0.1, -0.05) is 25.1 Å². The number of hydrogen-bond acceptors (Lipinski definition) is 3. The van der Waals surface area contributed by atoms with Gasteiger partial charge in [-0.25, -0.2) is 0 Å². The van der Waals surface area contributed by atoms with Gasteiger partial charge in [0.1, 0.15) is 0 Å². The highest BCUT2D eigenvalue weighted by atomic mass is 32.2. The number of nitrogens with two attached hydrogens (primary N) is 1. The van der Waals surface area contributed by atoms with Crippen LogP contribution in [0.2, 0.25) is 0 Å². The number of hydrogen-bond donors (Lipinski definition) is 1. The van der Waals surface area contributed by atoms with E-state index in [1.165, 1.54) is 12.1 Å². The molecule has 19 heavy (non-hydrogen) atoms. The first-order valence-corrected chi connectivity index (χ1v) is 8.16. The van der Waals surface area contributed by atoms with Crippen LogP contribution in [0.25, 0.3) is 0 Å². The van der Waals surface area contributed by atoms with Crippen LogP contribution in [0.1, 0.15) is 24.1 Å². The summed E-state index contributed by atoms with van der Waals surface area (Å²) in [5.41, 5.74) is 5.73. The van der Waals surface area contributed by atoms with E-state index in [0.29, 0.717) is 0 Å².